The number of thioether (sulfide) groups is 1. The van der Waals surface area contributed by atoms with E-state index in [4.69, 9.17) is 4.99 Å². The molecular weight excluding hydrogens is 480 g/mol. The monoisotopic (exact) mass is 499 g/mol. The van der Waals surface area contributed by atoms with Gasteiger partial charge < -0.3 is 0 Å². The first kappa shape index (κ1) is 23.2. The molecule has 1 aromatic heterocycles. The van der Waals surface area contributed by atoms with Crippen molar-refractivity contribution < 1.29 is 31.1 Å². The van der Waals surface area contributed by atoms with Gasteiger partial charge in [0.2, 0.25) is 0 Å². The molecule has 3 aliphatic rings. The van der Waals surface area contributed by atoms with Crippen LogP contribution in [0.25, 0.3) is 5.69 Å². The van der Waals surface area contributed by atoms with Gasteiger partial charge in [-0.3, -0.25) is 9.79 Å². The number of hydrogen-bond acceptors (Lipinski definition) is 4. The number of benzene rings is 1. The molecule has 2 aliphatic heterocycles. The van der Waals surface area contributed by atoms with E-state index in [2.05, 4.69) is 5.10 Å². The highest BCUT2D eigenvalue weighted by Gasteiger charge is 2.44. The Labute approximate surface area is 195 Å². The summed E-state index contributed by atoms with van der Waals surface area (Å²) in [7, 11) is 0. The van der Waals surface area contributed by atoms with Gasteiger partial charge >= 0.3 is 12.4 Å². The van der Waals surface area contributed by atoms with Gasteiger partial charge in [0.05, 0.1) is 10.9 Å². The Hall–Kier alpha value is -2.56. The second kappa shape index (κ2) is 8.00. The molecule has 34 heavy (non-hydrogen) atoms. The third-order valence-electron chi connectivity index (χ3n) is 6.42. The maximum absolute atomic E-state index is 13.7. The van der Waals surface area contributed by atoms with Crippen molar-refractivity contribution >= 4 is 23.3 Å². The van der Waals surface area contributed by atoms with E-state index < -0.39 is 29.7 Å². The predicted molar refractivity (Wildman–Crippen MR) is 115 cm³/mol. The van der Waals surface area contributed by atoms with Gasteiger partial charge in [-0.25, -0.2) is 4.68 Å². The Bertz CT molecular complexity index is 1240. The number of allylic oxidation sites excluding steroid dienone is 2. The minimum atomic E-state index is -5.04. The summed E-state index contributed by atoms with van der Waals surface area (Å²) < 4.78 is 81.0. The number of carbonyl (C=O) groups excluding carboxylic acids is 1. The van der Waals surface area contributed by atoms with E-state index in [-0.39, 0.29) is 22.8 Å². The summed E-state index contributed by atoms with van der Waals surface area (Å²) in [5, 5.41) is 3.17. The Morgan fingerprint density at radius 3 is 2.50 bits per heavy atom. The van der Waals surface area contributed by atoms with Crippen molar-refractivity contribution in [2.45, 2.75) is 56.1 Å². The Morgan fingerprint density at radius 2 is 1.79 bits per heavy atom. The summed E-state index contributed by atoms with van der Waals surface area (Å²) in [4.78, 5) is 17.6. The van der Waals surface area contributed by atoms with Gasteiger partial charge in [0, 0.05) is 35.4 Å². The fraction of sp³-hybridized carbons (Fsp3) is 0.435. The molecule has 0 spiro atoms. The van der Waals surface area contributed by atoms with E-state index in [9.17, 15) is 31.1 Å². The number of fused-ring (bicyclic) bond motifs is 1. The molecular formula is C23H19F6N3OS. The van der Waals surface area contributed by atoms with Gasteiger partial charge in [-0.2, -0.15) is 43.2 Å². The topological polar surface area (TPSA) is 47.2 Å². The van der Waals surface area contributed by atoms with Crippen LogP contribution in [-0.4, -0.2) is 32.3 Å². The lowest BCUT2D eigenvalue weighted by Crippen LogP contribution is -2.32. The summed E-state index contributed by atoms with van der Waals surface area (Å²) in [6, 6.07) is 4.77. The molecule has 0 radical (unpaired) electrons. The molecule has 0 N–H and O–H groups in total. The lowest BCUT2D eigenvalue weighted by Gasteiger charge is -2.33. The van der Waals surface area contributed by atoms with Crippen LogP contribution in [0.3, 0.4) is 0 Å². The highest BCUT2D eigenvalue weighted by molar-refractivity contribution is 8.01. The molecule has 1 fully saturated rings. The van der Waals surface area contributed by atoms with E-state index in [1.807, 2.05) is 0 Å². The molecule has 4 nitrogen and oxygen atoms in total. The first-order valence-electron chi connectivity index (χ1n) is 10.8. The van der Waals surface area contributed by atoms with Crippen LogP contribution in [0.15, 0.2) is 40.5 Å². The van der Waals surface area contributed by atoms with Crippen LogP contribution < -0.4 is 0 Å². The van der Waals surface area contributed by atoms with E-state index in [0.717, 1.165) is 23.6 Å². The molecule has 0 saturated carbocycles. The van der Waals surface area contributed by atoms with Gasteiger partial charge in [-0.15, -0.1) is 0 Å². The quantitative estimate of drug-likeness (QED) is 0.458. The summed E-state index contributed by atoms with van der Waals surface area (Å²) in [5.74, 6) is 0.381. The first-order chi connectivity index (χ1) is 15.9. The summed E-state index contributed by atoms with van der Waals surface area (Å²) in [5.41, 5.74) is -0.0437. The van der Waals surface area contributed by atoms with Crippen LogP contribution in [-0.2, 0) is 17.1 Å². The molecule has 2 aromatic rings. The van der Waals surface area contributed by atoms with Crippen LogP contribution >= 0.6 is 11.8 Å². The third kappa shape index (κ3) is 3.87. The maximum Gasteiger partial charge on any atom is 0.435 e. The molecule has 2 atom stereocenters. The molecule has 1 aliphatic carbocycles. The zero-order chi connectivity index (χ0) is 24.4. The van der Waals surface area contributed by atoms with Crippen LogP contribution in [0.4, 0.5) is 26.3 Å². The number of alkyl halides is 6. The second-order valence-electron chi connectivity index (χ2n) is 8.63. The second-order valence-corrected chi connectivity index (χ2v) is 9.88. The lowest BCUT2D eigenvalue weighted by molar-refractivity contribution is -0.143. The maximum atomic E-state index is 13.7. The molecule has 1 saturated heterocycles. The highest BCUT2D eigenvalue weighted by Crippen LogP contribution is 2.48. The summed E-state index contributed by atoms with van der Waals surface area (Å²) >= 11 is 1.64. The van der Waals surface area contributed by atoms with Crippen LogP contribution in [0.2, 0.25) is 0 Å². The number of nitrogens with zero attached hydrogens (tertiary/aromatic N) is 3. The highest BCUT2D eigenvalue weighted by atomic mass is 32.2. The molecule has 5 rings (SSSR count). The largest absolute Gasteiger partial charge is 0.435 e. The van der Waals surface area contributed by atoms with E-state index in [1.165, 1.54) is 13.0 Å². The van der Waals surface area contributed by atoms with Crippen molar-refractivity contribution in [2.75, 3.05) is 5.75 Å². The molecule has 0 amide bonds. The SMILES string of the molecule is Cc1ccc(C2C3=C(CCCC3=O)N=C3CCSC32)cc1-n1nc(C(F)(F)F)cc1C(F)(F)F. The van der Waals surface area contributed by atoms with Gasteiger partial charge in [0.1, 0.15) is 5.69 Å². The van der Waals surface area contributed by atoms with Gasteiger partial charge in [0.15, 0.2) is 11.5 Å². The predicted octanol–water partition coefficient (Wildman–Crippen LogP) is 6.27. The molecule has 2 unspecified atom stereocenters. The number of aryl methyl sites for hydroxylation is 1. The van der Waals surface area contributed by atoms with Crippen molar-refractivity contribution in [3.05, 3.63) is 58.1 Å². The molecule has 3 heterocycles. The number of carbonyl (C=O) groups is 1. The minimum Gasteiger partial charge on any atom is -0.294 e. The van der Waals surface area contributed by atoms with Gasteiger partial charge in [-0.05, 0) is 49.1 Å². The van der Waals surface area contributed by atoms with E-state index >= 15 is 0 Å². The number of halogens is 6. The molecule has 0 bridgehead atoms. The normalized spacial score (nSPS) is 23.1. The van der Waals surface area contributed by atoms with E-state index in [1.54, 1.807) is 23.9 Å². The molecule has 180 valence electrons. The number of ketones is 1. The number of aromatic nitrogens is 2. The third-order valence-corrected chi connectivity index (χ3v) is 7.76. The Kier molecular flexibility index (Phi) is 5.46. The smallest absolute Gasteiger partial charge is 0.294 e. The van der Waals surface area contributed by atoms with Crippen molar-refractivity contribution in [1.82, 2.24) is 9.78 Å². The van der Waals surface area contributed by atoms with Crippen LogP contribution in [0.1, 0.15) is 54.1 Å². The lowest BCUT2D eigenvalue weighted by atomic mass is 9.77. The van der Waals surface area contributed by atoms with Gasteiger partial charge in [0.25, 0.3) is 0 Å². The van der Waals surface area contributed by atoms with Crippen LogP contribution in [0, 0.1) is 6.92 Å². The summed E-state index contributed by atoms with van der Waals surface area (Å²) in [6.45, 7) is 1.52. The van der Waals surface area contributed by atoms with Gasteiger partial charge in [-0.1, -0.05) is 12.1 Å². The summed E-state index contributed by atoms with van der Waals surface area (Å²) in [6.07, 6.45) is -7.57. The van der Waals surface area contributed by atoms with E-state index in [0.29, 0.717) is 40.6 Å². The molecule has 1 aromatic carbocycles. The Morgan fingerprint density at radius 1 is 1.03 bits per heavy atom. The van der Waals surface area contributed by atoms with Crippen molar-refractivity contribution in [3.8, 4) is 5.69 Å². The number of aliphatic imine (C=N–C) groups is 1. The number of rotatable bonds is 2. The fourth-order valence-electron chi connectivity index (χ4n) is 4.87. The zero-order valence-electron chi connectivity index (χ0n) is 17.9. The van der Waals surface area contributed by atoms with Crippen molar-refractivity contribution in [2.24, 2.45) is 4.99 Å². The zero-order valence-corrected chi connectivity index (χ0v) is 18.7. The number of hydrogen-bond donors (Lipinski definition) is 0. The first-order valence-corrected chi connectivity index (χ1v) is 11.8. The van der Waals surface area contributed by atoms with Crippen molar-refractivity contribution in [3.63, 3.8) is 0 Å². The average Bonchev–Trinajstić information content (AvgIpc) is 3.40. The standard InChI is InChI=1S/C23H19F6N3OS/c1-11-5-6-12(9-15(11)32-18(23(27,28)29)10-17(31-32)22(24,25)26)19-20-13(3-2-4-16(20)33)30-14-7-8-34-21(14)19/h5-6,9-10,19,21H,2-4,7-8H2,1H3. The average molecular weight is 499 g/mol. The Balaban J connectivity index is 1.68. The molecule has 11 heteroatoms. The fourth-order valence-corrected chi connectivity index (χ4v) is 6.30. The number of Topliss-reactive ketones (excluding diaryl/α,β-unsaturated/α-hetero) is 1. The van der Waals surface area contributed by atoms with Crippen molar-refractivity contribution in [1.29, 1.82) is 0 Å². The minimum absolute atomic E-state index is 0.0234. The van der Waals surface area contributed by atoms with Crippen LogP contribution in [0.5, 0.6) is 0 Å².